The van der Waals surface area contributed by atoms with Gasteiger partial charge in [-0.3, -0.25) is 9.80 Å². The van der Waals surface area contributed by atoms with Gasteiger partial charge in [-0.2, -0.15) is 0 Å². The summed E-state index contributed by atoms with van der Waals surface area (Å²) in [5.74, 6) is 13.6. The fourth-order valence-electron chi connectivity index (χ4n) is 6.17. The molecule has 0 aliphatic heterocycles. The molecule has 6 rings (SSSR count). The van der Waals surface area contributed by atoms with Crippen molar-refractivity contribution < 1.29 is 9.53 Å². The van der Waals surface area contributed by atoms with Gasteiger partial charge in [0, 0.05) is 80.5 Å². The molecular formula is C41H46ClN9O2S2. The van der Waals surface area contributed by atoms with Crippen LogP contribution in [-0.2, 0) is 29.2 Å². The second-order valence-electron chi connectivity index (χ2n) is 12.8. The molecule has 7 N–H and O–H groups in total. The highest BCUT2D eigenvalue weighted by Gasteiger charge is 2.17. The fourth-order valence-corrected chi connectivity index (χ4v) is 7.83. The maximum absolute atomic E-state index is 12.5. The highest BCUT2D eigenvalue weighted by atomic mass is 35.5. The molecule has 0 saturated carbocycles. The fraction of sp³-hybridized carbons (Fsp3) is 0.293. The molecule has 0 atom stereocenters. The van der Waals surface area contributed by atoms with E-state index < -0.39 is 0 Å². The standard InChI is InChI=1S/C41H46ClN9O2S2/c1-4-20-54-41-48-39(38(43)40(49-41)51(44)25-27-6-11-31(42)12-7-27)47-17-19-53-18-16-46-37(52)15-9-29-22-36(55-26-29)30-10-13-32-33-21-28(24-45-3)8-14-34(33)50(5-2)35(32)23-30/h6-8,10-14,21-23,26,45H,4-5,16-20,24-25,43-44H2,1-3H3,(H,46,52)(H,47,48,49). The number of ether oxygens (including phenoxy) is 1. The Labute approximate surface area is 335 Å². The number of aromatic nitrogens is 3. The van der Waals surface area contributed by atoms with Crippen molar-refractivity contribution in [1.82, 2.24) is 25.2 Å². The van der Waals surface area contributed by atoms with Crippen molar-refractivity contribution in [3.63, 3.8) is 0 Å². The Bertz CT molecular complexity index is 2310. The number of amides is 1. The number of aryl methyl sites for hydroxylation is 1. The molecule has 0 saturated heterocycles. The molecule has 0 spiro atoms. The maximum atomic E-state index is 12.5. The number of thioether (sulfide) groups is 1. The van der Waals surface area contributed by atoms with E-state index in [4.69, 9.17) is 27.9 Å². The minimum atomic E-state index is -0.357. The van der Waals surface area contributed by atoms with E-state index in [1.807, 2.05) is 42.8 Å². The number of nitrogens with two attached hydrogens (primary N) is 2. The zero-order chi connectivity index (χ0) is 38.7. The molecule has 0 bridgehead atoms. The molecule has 3 heterocycles. The number of carbonyl (C=O) groups excluding carboxylic acids is 1. The summed E-state index contributed by atoms with van der Waals surface area (Å²) in [6.07, 6.45) is 0.973. The number of carbonyl (C=O) groups is 1. The molecule has 286 valence electrons. The number of halogens is 1. The molecule has 3 aromatic heterocycles. The number of fused-ring (bicyclic) bond motifs is 3. The van der Waals surface area contributed by atoms with Crippen LogP contribution in [-0.4, -0.2) is 59.5 Å². The molecule has 6 aromatic rings. The number of hydrogen-bond acceptors (Lipinski definition) is 11. The number of anilines is 3. The van der Waals surface area contributed by atoms with Crippen molar-refractivity contribution in [2.45, 2.75) is 45.1 Å². The van der Waals surface area contributed by atoms with E-state index in [-0.39, 0.29) is 5.91 Å². The Hall–Kier alpha value is -4.81. The minimum Gasteiger partial charge on any atom is -0.393 e. The normalized spacial score (nSPS) is 11.1. The van der Waals surface area contributed by atoms with E-state index in [1.165, 1.54) is 32.4 Å². The third kappa shape index (κ3) is 10.1. The smallest absolute Gasteiger partial charge is 0.296 e. The molecule has 0 radical (unpaired) electrons. The monoisotopic (exact) mass is 795 g/mol. The second kappa shape index (κ2) is 19.2. The predicted molar refractivity (Wildman–Crippen MR) is 230 cm³/mol. The van der Waals surface area contributed by atoms with Crippen LogP contribution in [0.4, 0.5) is 17.3 Å². The summed E-state index contributed by atoms with van der Waals surface area (Å²) >= 11 is 9.20. The van der Waals surface area contributed by atoms with Crippen LogP contribution in [0.5, 0.6) is 0 Å². The van der Waals surface area contributed by atoms with Gasteiger partial charge in [0.15, 0.2) is 16.8 Å². The van der Waals surface area contributed by atoms with Crippen LogP contribution in [0.1, 0.15) is 37.0 Å². The van der Waals surface area contributed by atoms with Crippen molar-refractivity contribution >= 4 is 79.7 Å². The Morgan fingerprint density at radius 2 is 1.80 bits per heavy atom. The van der Waals surface area contributed by atoms with Gasteiger partial charge >= 0.3 is 0 Å². The van der Waals surface area contributed by atoms with Crippen molar-refractivity contribution in [1.29, 1.82) is 0 Å². The third-order valence-electron chi connectivity index (χ3n) is 8.78. The average Bonchev–Trinajstić information content (AvgIpc) is 3.79. The molecule has 0 aliphatic carbocycles. The molecule has 11 nitrogen and oxygen atoms in total. The van der Waals surface area contributed by atoms with E-state index in [2.05, 4.69) is 92.6 Å². The largest absolute Gasteiger partial charge is 0.393 e. The molecular weight excluding hydrogens is 750 g/mol. The minimum absolute atomic E-state index is 0.325. The van der Waals surface area contributed by atoms with Gasteiger partial charge in [0.05, 0.1) is 19.8 Å². The zero-order valence-corrected chi connectivity index (χ0v) is 33.6. The number of hydrogen-bond donors (Lipinski definition) is 5. The summed E-state index contributed by atoms with van der Waals surface area (Å²) in [5.41, 5.74) is 13.4. The average molecular weight is 796 g/mol. The quantitative estimate of drug-likeness (QED) is 0.0160. The van der Waals surface area contributed by atoms with E-state index in [0.29, 0.717) is 60.4 Å². The number of thiophene rings is 1. The van der Waals surface area contributed by atoms with Gasteiger partial charge < -0.3 is 31.0 Å². The van der Waals surface area contributed by atoms with Crippen molar-refractivity contribution in [3.8, 4) is 22.3 Å². The van der Waals surface area contributed by atoms with E-state index >= 15 is 0 Å². The van der Waals surface area contributed by atoms with Crippen LogP contribution in [0, 0.1) is 11.8 Å². The van der Waals surface area contributed by atoms with Gasteiger partial charge in [0.1, 0.15) is 5.69 Å². The van der Waals surface area contributed by atoms with Crippen molar-refractivity contribution in [2.24, 2.45) is 5.84 Å². The van der Waals surface area contributed by atoms with Gasteiger partial charge in [-0.1, -0.05) is 66.5 Å². The Kier molecular flexibility index (Phi) is 13.9. The zero-order valence-electron chi connectivity index (χ0n) is 31.2. The lowest BCUT2D eigenvalue weighted by molar-refractivity contribution is -0.115. The van der Waals surface area contributed by atoms with Crippen molar-refractivity contribution in [2.75, 3.05) is 55.2 Å². The van der Waals surface area contributed by atoms with Crippen LogP contribution in [0.15, 0.2) is 77.3 Å². The summed E-state index contributed by atoms with van der Waals surface area (Å²) in [6.45, 7) is 7.85. The second-order valence-corrected chi connectivity index (χ2v) is 15.2. The summed E-state index contributed by atoms with van der Waals surface area (Å²) in [6, 6.07) is 22.8. The number of nitrogen functional groups attached to an aromatic ring is 1. The first-order valence-electron chi connectivity index (χ1n) is 18.2. The highest BCUT2D eigenvalue weighted by molar-refractivity contribution is 7.99. The summed E-state index contributed by atoms with van der Waals surface area (Å²) < 4.78 is 8.11. The Morgan fingerprint density at radius 1 is 1.00 bits per heavy atom. The SMILES string of the molecule is CCCSc1nc(NCCOCCNC(=O)C#Cc2csc(-c3ccc4c5cc(CNC)ccc5n(CC)c4c3)c2)c(N)c(N(N)Cc2ccc(Cl)cc2)n1. The first kappa shape index (κ1) is 39.9. The lowest BCUT2D eigenvalue weighted by Crippen LogP contribution is -2.32. The first-order valence-corrected chi connectivity index (χ1v) is 20.5. The maximum Gasteiger partial charge on any atom is 0.296 e. The Balaban J connectivity index is 0.981. The number of rotatable bonds is 17. The number of benzene rings is 3. The summed E-state index contributed by atoms with van der Waals surface area (Å²) in [7, 11) is 1.97. The van der Waals surface area contributed by atoms with Crippen molar-refractivity contribution in [3.05, 3.63) is 93.8 Å². The van der Waals surface area contributed by atoms with Crippen LogP contribution in [0.3, 0.4) is 0 Å². The van der Waals surface area contributed by atoms with E-state index in [9.17, 15) is 4.79 Å². The molecule has 0 aliphatic rings. The lowest BCUT2D eigenvalue weighted by Gasteiger charge is -2.21. The van der Waals surface area contributed by atoms with Gasteiger partial charge in [0.25, 0.3) is 5.91 Å². The van der Waals surface area contributed by atoms with Crippen LogP contribution >= 0.6 is 34.7 Å². The van der Waals surface area contributed by atoms with E-state index in [0.717, 1.165) is 46.8 Å². The van der Waals surface area contributed by atoms with Gasteiger partial charge in [-0.05, 0) is 73.5 Å². The van der Waals surface area contributed by atoms with Gasteiger partial charge in [-0.15, -0.1) is 11.3 Å². The van der Waals surface area contributed by atoms with Crippen LogP contribution < -0.4 is 32.5 Å². The number of hydrazine groups is 1. The molecule has 55 heavy (non-hydrogen) atoms. The predicted octanol–water partition coefficient (Wildman–Crippen LogP) is 7.27. The summed E-state index contributed by atoms with van der Waals surface area (Å²) in [5, 5.41) is 16.5. The summed E-state index contributed by atoms with van der Waals surface area (Å²) in [4.78, 5) is 22.8. The lowest BCUT2D eigenvalue weighted by atomic mass is 10.1. The molecule has 1 amide bonds. The number of nitrogens with one attached hydrogen (secondary N) is 3. The molecule has 3 aromatic carbocycles. The number of nitrogens with zero attached hydrogens (tertiary/aromatic N) is 4. The van der Waals surface area contributed by atoms with E-state index in [1.54, 1.807) is 23.1 Å². The highest BCUT2D eigenvalue weighted by Crippen LogP contribution is 2.35. The molecule has 0 fully saturated rings. The van der Waals surface area contributed by atoms with Crippen LogP contribution in [0.2, 0.25) is 5.02 Å². The van der Waals surface area contributed by atoms with Crippen LogP contribution in [0.25, 0.3) is 32.2 Å². The molecule has 14 heteroatoms. The first-order chi connectivity index (χ1) is 26.8. The topological polar surface area (TPSA) is 148 Å². The molecule has 0 unspecified atom stereocenters. The van der Waals surface area contributed by atoms with Gasteiger partial charge in [0.2, 0.25) is 0 Å². The van der Waals surface area contributed by atoms with Gasteiger partial charge in [-0.25, -0.2) is 15.8 Å². The Morgan fingerprint density at radius 3 is 2.58 bits per heavy atom. The third-order valence-corrected chi connectivity index (χ3v) is 11.1.